The molecule has 2 N–H and O–H groups in total. The lowest BCUT2D eigenvalue weighted by Crippen LogP contribution is -2.39. The van der Waals surface area contributed by atoms with Crippen molar-refractivity contribution in [3.8, 4) is 6.07 Å². The van der Waals surface area contributed by atoms with Gasteiger partial charge in [0, 0.05) is 31.4 Å². The Bertz CT molecular complexity index is 1030. The van der Waals surface area contributed by atoms with Crippen molar-refractivity contribution in [3.05, 3.63) is 58.4 Å². The summed E-state index contributed by atoms with van der Waals surface area (Å²) >= 11 is 0. The Hall–Kier alpha value is -3.47. The molecule has 1 aromatic carbocycles. The quantitative estimate of drug-likeness (QED) is 0.775. The van der Waals surface area contributed by atoms with Gasteiger partial charge in [0.05, 0.1) is 28.7 Å². The Labute approximate surface area is 173 Å². The second-order valence-electron chi connectivity index (χ2n) is 7.40. The van der Waals surface area contributed by atoms with Crippen molar-refractivity contribution in [2.45, 2.75) is 25.7 Å². The summed E-state index contributed by atoms with van der Waals surface area (Å²) in [5.74, 6) is -1.51. The van der Waals surface area contributed by atoms with E-state index in [-0.39, 0.29) is 17.2 Å². The van der Waals surface area contributed by atoms with Crippen molar-refractivity contribution in [1.82, 2.24) is 9.88 Å². The normalized spacial score (nSPS) is 15.6. The molecule has 1 fully saturated rings. The van der Waals surface area contributed by atoms with Crippen molar-refractivity contribution in [1.29, 1.82) is 5.26 Å². The molecule has 2 aliphatic heterocycles. The molecule has 0 aliphatic carbocycles. The van der Waals surface area contributed by atoms with Crippen LogP contribution in [0.3, 0.4) is 0 Å². The Morgan fingerprint density at radius 2 is 1.97 bits per heavy atom. The molecule has 30 heavy (non-hydrogen) atoms. The number of nitrogens with zero attached hydrogens (tertiary/aromatic N) is 3. The van der Waals surface area contributed by atoms with Crippen LogP contribution in [0.1, 0.15) is 36.1 Å². The van der Waals surface area contributed by atoms with Crippen molar-refractivity contribution in [2.75, 3.05) is 30.3 Å². The highest BCUT2D eigenvalue weighted by atomic mass is 19.1. The number of carbonyl (C=O) groups excluding carboxylic acids is 1. The molecule has 4 rings (SSSR count). The van der Waals surface area contributed by atoms with Crippen LogP contribution in [0.15, 0.2) is 30.0 Å². The van der Waals surface area contributed by atoms with Crippen molar-refractivity contribution in [2.24, 2.45) is 0 Å². The topological polar surface area (TPSA) is 81.1 Å². The third-order valence-electron chi connectivity index (χ3n) is 5.41. The fourth-order valence-electron chi connectivity index (χ4n) is 3.79. The van der Waals surface area contributed by atoms with E-state index in [4.69, 9.17) is 5.26 Å². The lowest BCUT2D eigenvalue weighted by atomic mass is 10.00. The van der Waals surface area contributed by atoms with Gasteiger partial charge in [0.15, 0.2) is 0 Å². The number of amides is 2. The maximum absolute atomic E-state index is 14.1. The van der Waals surface area contributed by atoms with Gasteiger partial charge in [-0.3, -0.25) is 4.98 Å². The minimum atomic E-state index is -0.755. The van der Waals surface area contributed by atoms with Gasteiger partial charge in [0.25, 0.3) is 0 Å². The first kappa shape index (κ1) is 19.8. The first-order valence-electron chi connectivity index (χ1n) is 9.91. The van der Waals surface area contributed by atoms with Crippen molar-refractivity contribution >= 4 is 23.5 Å². The van der Waals surface area contributed by atoms with Crippen LogP contribution in [-0.4, -0.2) is 35.5 Å². The summed E-state index contributed by atoms with van der Waals surface area (Å²) in [6.07, 6.45) is 6.13. The minimum Gasteiger partial charge on any atom is -0.382 e. The van der Waals surface area contributed by atoms with E-state index < -0.39 is 11.6 Å². The number of likely N-dealkylation sites (tertiary alicyclic amines) is 1. The van der Waals surface area contributed by atoms with Crippen LogP contribution in [0.5, 0.6) is 0 Å². The summed E-state index contributed by atoms with van der Waals surface area (Å²) in [6, 6.07) is 5.37. The van der Waals surface area contributed by atoms with E-state index >= 15 is 0 Å². The van der Waals surface area contributed by atoms with Crippen LogP contribution in [0.4, 0.5) is 25.0 Å². The average molecular weight is 409 g/mol. The highest BCUT2D eigenvalue weighted by Gasteiger charge is 2.22. The van der Waals surface area contributed by atoms with Crippen molar-refractivity contribution < 1.29 is 13.6 Å². The zero-order valence-corrected chi connectivity index (χ0v) is 16.3. The van der Waals surface area contributed by atoms with Gasteiger partial charge in [0.2, 0.25) is 0 Å². The number of urea groups is 1. The lowest BCUT2D eigenvalue weighted by molar-refractivity contribution is 0.208. The van der Waals surface area contributed by atoms with Gasteiger partial charge in [-0.15, -0.1) is 0 Å². The predicted molar refractivity (Wildman–Crippen MR) is 110 cm³/mol. The molecular weight excluding hydrogens is 388 g/mol. The van der Waals surface area contributed by atoms with Gasteiger partial charge in [-0.1, -0.05) is 5.57 Å². The number of pyridine rings is 1. The van der Waals surface area contributed by atoms with E-state index in [0.717, 1.165) is 48.5 Å². The maximum Gasteiger partial charge on any atom is 0.321 e. The molecule has 1 saturated heterocycles. The number of rotatable bonds is 2. The van der Waals surface area contributed by atoms with Gasteiger partial charge in [-0.05, 0) is 50.0 Å². The molecule has 0 unspecified atom stereocenters. The molecule has 1 aromatic heterocycles. The Balaban J connectivity index is 1.41. The van der Waals surface area contributed by atoms with E-state index in [1.54, 1.807) is 23.2 Å². The summed E-state index contributed by atoms with van der Waals surface area (Å²) in [5, 5.41) is 15.0. The number of aryl methyl sites for hydroxylation is 1. The number of piperidine rings is 1. The van der Waals surface area contributed by atoms with Gasteiger partial charge < -0.3 is 15.5 Å². The van der Waals surface area contributed by atoms with Crippen LogP contribution < -0.4 is 10.6 Å². The van der Waals surface area contributed by atoms with Crippen LogP contribution in [0.2, 0.25) is 0 Å². The first-order chi connectivity index (χ1) is 14.5. The number of benzene rings is 1. The summed E-state index contributed by atoms with van der Waals surface area (Å²) in [7, 11) is 0. The Morgan fingerprint density at radius 3 is 2.67 bits per heavy atom. The average Bonchev–Trinajstić information content (AvgIpc) is 2.76. The largest absolute Gasteiger partial charge is 0.382 e. The summed E-state index contributed by atoms with van der Waals surface area (Å²) in [6.45, 7) is 1.76. The molecular formula is C22H21F2N5O. The number of fused-ring (bicyclic) bond motifs is 1. The van der Waals surface area contributed by atoms with Gasteiger partial charge in [-0.25, -0.2) is 13.6 Å². The number of anilines is 2. The van der Waals surface area contributed by atoms with Crippen LogP contribution >= 0.6 is 0 Å². The van der Waals surface area contributed by atoms with Gasteiger partial charge in [-0.2, -0.15) is 5.26 Å². The SMILES string of the molecule is N#Cc1cc(F)c(C=C2CCN(C(=O)Nc3ccnc4c3NCCC4)CC2)c(F)c1. The van der Waals surface area contributed by atoms with Gasteiger partial charge >= 0.3 is 6.03 Å². The Morgan fingerprint density at radius 1 is 1.23 bits per heavy atom. The Kier molecular flexibility index (Phi) is 5.61. The van der Waals surface area contributed by atoms with E-state index in [1.807, 2.05) is 0 Å². The third kappa shape index (κ3) is 4.10. The van der Waals surface area contributed by atoms with Crippen LogP contribution in [-0.2, 0) is 6.42 Å². The van der Waals surface area contributed by atoms with Crippen LogP contribution in [0.25, 0.3) is 6.08 Å². The second kappa shape index (κ2) is 8.49. The highest BCUT2D eigenvalue weighted by molar-refractivity contribution is 5.93. The van der Waals surface area contributed by atoms with E-state index in [0.29, 0.717) is 31.6 Å². The standard InChI is InChI=1S/C22H21F2N5O/c23-17-11-15(13-25)12-18(24)16(17)10-14-4-8-29(9-5-14)22(30)28-20-3-7-26-19-2-1-6-27-21(19)20/h3,7,10-12,27H,1-2,4-6,8-9H2,(H,26,28,30). The molecule has 0 spiro atoms. The molecule has 0 saturated carbocycles. The lowest BCUT2D eigenvalue weighted by Gasteiger charge is -2.29. The fourth-order valence-corrected chi connectivity index (χ4v) is 3.79. The summed E-state index contributed by atoms with van der Waals surface area (Å²) in [4.78, 5) is 18.7. The molecule has 0 radical (unpaired) electrons. The molecule has 2 aromatic rings. The number of carbonyl (C=O) groups is 1. The first-order valence-corrected chi connectivity index (χ1v) is 9.91. The molecule has 8 heteroatoms. The van der Waals surface area contributed by atoms with E-state index in [1.165, 1.54) is 6.08 Å². The summed E-state index contributed by atoms with van der Waals surface area (Å²) < 4.78 is 28.2. The maximum atomic E-state index is 14.1. The molecule has 0 bridgehead atoms. The minimum absolute atomic E-state index is 0.0496. The second-order valence-corrected chi connectivity index (χ2v) is 7.40. The predicted octanol–water partition coefficient (Wildman–Crippen LogP) is 4.30. The van der Waals surface area contributed by atoms with Gasteiger partial charge in [0.1, 0.15) is 11.6 Å². The molecule has 2 aliphatic rings. The number of nitrogens with one attached hydrogen (secondary N) is 2. The van der Waals surface area contributed by atoms with E-state index in [2.05, 4.69) is 15.6 Å². The molecule has 6 nitrogen and oxygen atoms in total. The number of nitriles is 1. The summed E-state index contributed by atoms with van der Waals surface area (Å²) in [5.41, 5.74) is 3.22. The monoisotopic (exact) mass is 409 g/mol. The van der Waals surface area contributed by atoms with Crippen molar-refractivity contribution in [3.63, 3.8) is 0 Å². The van der Waals surface area contributed by atoms with Crippen LogP contribution in [0, 0.1) is 23.0 Å². The highest BCUT2D eigenvalue weighted by Crippen LogP contribution is 2.29. The number of hydrogen-bond acceptors (Lipinski definition) is 4. The zero-order chi connectivity index (χ0) is 21.1. The van der Waals surface area contributed by atoms with E-state index in [9.17, 15) is 13.6 Å². The molecule has 154 valence electrons. The fraction of sp³-hybridized carbons (Fsp3) is 0.318. The molecule has 0 atom stereocenters. The number of halogens is 2. The number of aromatic nitrogens is 1. The zero-order valence-electron chi connectivity index (χ0n) is 16.3. The smallest absolute Gasteiger partial charge is 0.321 e. The third-order valence-corrected chi connectivity index (χ3v) is 5.41. The molecule has 2 amide bonds. The molecule has 3 heterocycles. The number of hydrogen-bond donors (Lipinski definition) is 2.